The number of aryl methyl sites for hydroxylation is 1. The molecule has 2 heterocycles. The van der Waals surface area contributed by atoms with Crippen molar-refractivity contribution in [2.75, 3.05) is 26.4 Å². The number of alkyl halides is 2. The van der Waals surface area contributed by atoms with Crippen LogP contribution in [0.25, 0.3) is 11.1 Å². The van der Waals surface area contributed by atoms with Crippen LogP contribution in [0.3, 0.4) is 0 Å². The lowest BCUT2D eigenvalue weighted by Crippen LogP contribution is -2.52. The van der Waals surface area contributed by atoms with Gasteiger partial charge in [0.2, 0.25) is 6.43 Å². The summed E-state index contributed by atoms with van der Waals surface area (Å²) in [7, 11) is -4.06. The monoisotopic (exact) mass is 536 g/mol. The van der Waals surface area contributed by atoms with Gasteiger partial charge in [-0.15, -0.1) is 0 Å². The molecule has 2 aliphatic rings. The summed E-state index contributed by atoms with van der Waals surface area (Å²) < 4.78 is 67.2. The Morgan fingerprint density at radius 2 is 1.62 bits per heavy atom. The predicted octanol–water partition coefficient (Wildman–Crippen LogP) is 5.38. The third kappa shape index (κ3) is 6.56. The first kappa shape index (κ1) is 27.7. The summed E-state index contributed by atoms with van der Waals surface area (Å²) in [5.41, 5.74) is 2.67. The van der Waals surface area contributed by atoms with Crippen molar-refractivity contribution in [3.63, 3.8) is 0 Å². The molecular weight excluding hydrogens is 502 g/mol. The van der Waals surface area contributed by atoms with Gasteiger partial charge in [0.05, 0.1) is 11.0 Å². The average Bonchev–Trinajstić information content (AvgIpc) is 2.93. The smallest absolute Gasteiger partial charge is 0.328 e. The van der Waals surface area contributed by atoms with Crippen molar-refractivity contribution >= 4 is 15.8 Å². The molecule has 0 bridgehead atoms. The fraction of sp³-hybridized carbons (Fsp3) is 0.536. The number of halogens is 2. The molecule has 9 heteroatoms. The van der Waals surface area contributed by atoms with Crippen molar-refractivity contribution in [1.29, 1.82) is 0 Å². The minimum atomic E-state index is -4.06. The standard InChI is InChI=1S/C28H34F2O6S/c29-26(30)6-3-4-21-7-9-22(10-8-21)23-11-13-25(14-12-23)37(32,33)28(15-18-34-19-16-28)27(31)36-20-24-5-1-2-17-35-24/h7-14,24,26H,1-6,15-20H2. The molecule has 0 N–H and O–H groups in total. The van der Waals surface area contributed by atoms with Crippen molar-refractivity contribution in [3.05, 3.63) is 54.1 Å². The average molecular weight is 537 g/mol. The number of carbonyl (C=O) groups excluding carboxylic acids is 1. The molecule has 0 aromatic heterocycles. The van der Waals surface area contributed by atoms with Crippen LogP contribution in [0.4, 0.5) is 8.78 Å². The fourth-order valence-electron chi connectivity index (χ4n) is 4.90. The number of hydrogen-bond acceptors (Lipinski definition) is 6. The second kappa shape index (κ2) is 12.5. The second-order valence-electron chi connectivity index (χ2n) is 9.70. The van der Waals surface area contributed by atoms with Gasteiger partial charge >= 0.3 is 5.97 Å². The molecule has 0 aliphatic carbocycles. The summed E-state index contributed by atoms with van der Waals surface area (Å²) >= 11 is 0. The number of rotatable bonds is 10. The molecule has 2 fully saturated rings. The van der Waals surface area contributed by atoms with Crippen LogP contribution >= 0.6 is 0 Å². The summed E-state index contributed by atoms with van der Waals surface area (Å²) in [6.45, 7) is 0.993. The summed E-state index contributed by atoms with van der Waals surface area (Å²) in [5.74, 6) is -0.739. The van der Waals surface area contributed by atoms with E-state index < -0.39 is 27.0 Å². The third-order valence-corrected chi connectivity index (χ3v) is 9.70. The zero-order chi connectivity index (χ0) is 26.3. The van der Waals surface area contributed by atoms with Crippen LogP contribution in [0, 0.1) is 0 Å². The Morgan fingerprint density at radius 3 is 2.22 bits per heavy atom. The molecular formula is C28H34F2O6S. The molecule has 2 saturated heterocycles. The molecule has 2 aliphatic heterocycles. The van der Waals surface area contributed by atoms with E-state index in [1.807, 2.05) is 24.3 Å². The fourth-order valence-corrected chi connectivity index (χ4v) is 6.83. The molecule has 37 heavy (non-hydrogen) atoms. The van der Waals surface area contributed by atoms with Gasteiger partial charge < -0.3 is 14.2 Å². The van der Waals surface area contributed by atoms with Gasteiger partial charge in [0.1, 0.15) is 6.61 Å². The normalized spacial score (nSPS) is 20.0. The highest BCUT2D eigenvalue weighted by Crippen LogP contribution is 2.37. The van der Waals surface area contributed by atoms with E-state index >= 15 is 0 Å². The summed E-state index contributed by atoms with van der Waals surface area (Å²) in [4.78, 5) is 13.3. The van der Waals surface area contributed by atoms with E-state index in [1.54, 1.807) is 12.1 Å². The maximum Gasteiger partial charge on any atom is 0.328 e. The van der Waals surface area contributed by atoms with E-state index in [1.165, 1.54) is 12.1 Å². The van der Waals surface area contributed by atoms with E-state index in [0.717, 1.165) is 36.0 Å². The summed E-state index contributed by atoms with van der Waals surface area (Å²) in [6, 6.07) is 14.1. The second-order valence-corrected chi connectivity index (χ2v) is 12.0. The van der Waals surface area contributed by atoms with Crippen LogP contribution in [-0.4, -0.2) is 58.1 Å². The molecule has 4 rings (SSSR count). The molecule has 0 radical (unpaired) electrons. The van der Waals surface area contributed by atoms with Crippen molar-refractivity contribution in [2.24, 2.45) is 0 Å². The summed E-state index contributed by atoms with van der Waals surface area (Å²) in [6.07, 6.45) is 1.22. The number of hydrogen-bond donors (Lipinski definition) is 0. The van der Waals surface area contributed by atoms with E-state index in [2.05, 4.69) is 0 Å². The van der Waals surface area contributed by atoms with Gasteiger partial charge in [0, 0.05) is 39.1 Å². The Balaban J connectivity index is 1.48. The number of ether oxygens (including phenoxy) is 3. The molecule has 6 nitrogen and oxygen atoms in total. The van der Waals surface area contributed by atoms with Crippen LogP contribution in [0.15, 0.2) is 53.4 Å². The number of sulfone groups is 1. The van der Waals surface area contributed by atoms with Crippen molar-refractivity contribution < 1.29 is 36.2 Å². The van der Waals surface area contributed by atoms with Crippen LogP contribution in [0.5, 0.6) is 0 Å². The van der Waals surface area contributed by atoms with Gasteiger partial charge in [-0.05, 0) is 60.9 Å². The molecule has 0 amide bonds. The van der Waals surface area contributed by atoms with Gasteiger partial charge in [-0.2, -0.15) is 0 Å². The van der Waals surface area contributed by atoms with Gasteiger partial charge in [-0.25, -0.2) is 17.2 Å². The van der Waals surface area contributed by atoms with Crippen LogP contribution in [0.2, 0.25) is 0 Å². The lowest BCUT2D eigenvalue weighted by Gasteiger charge is -2.35. The predicted molar refractivity (Wildman–Crippen MR) is 135 cm³/mol. The molecule has 1 unspecified atom stereocenters. The van der Waals surface area contributed by atoms with Gasteiger partial charge in [0.25, 0.3) is 0 Å². The van der Waals surface area contributed by atoms with Crippen molar-refractivity contribution in [2.45, 2.75) is 73.5 Å². The van der Waals surface area contributed by atoms with Crippen LogP contribution < -0.4 is 0 Å². The van der Waals surface area contributed by atoms with Crippen LogP contribution in [0.1, 0.15) is 50.5 Å². The lowest BCUT2D eigenvalue weighted by molar-refractivity contribution is -0.154. The largest absolute Gasteiger partial charge is 0.462 e. The molecule has 2 aromatic carbocycles. The Kier molecular flexibility index (Phi) is 9.31. The van der Waals surface area contributed by atoms with Gasteiger partial charge in [0.15, 0.2) is 14.6 Å². The van der Waals surface area contributed by atoms with Crippen LogP contribution in [-0.2, 0) is 35.3 Å². The number of benzene rings is 2. The highest BCUT2D eigenvalue weighted by Gasteiger charge is 2.53. The Bertz CT molecular complexity index is 1120. The van der Waals surface area contributed by atoms with E-state index in [0.29, 0.717) is 19.4 Å². The maximum atomic E-state index is 13.8. The number of esters is 1. The minimum absolute atomic E-state index is 0.0362. The molecule has 0 spiro atoms. The van der Waals surface area contributed by atoms with Gasteiger partial charge in [-0.3, -0.25) is 4.79 Å². The lowest BCUT2D eigenvalue weighted by atomic mass is 9.99. The van der Waals surface area contributed by atoms with E-state index in [9.17, 15) is 22.0 Å². The first-order valence-corrected chi connectivity index (χ1v) is 14.4. The van der Waals surface area contributed by atoms with Gasteiger partial charge in [-0.1, -0.05) is 36.4 Å². The van der Waals surface area contributed by atoms with E-state index in [4.69, 9.17) is 14.2 Å². The van der Waals surface area contributed by atoms with Crippen molar-refractivity contribution in [1.82, 2.24) is 0 Å². The highest BCUT2D eigenvalue weighted by molar-refractivity contribution is 7.93. The first-order valence-electron chi connectivity index (χ1n) is 12.9. The molecule has 1 atom stereocenters. The first-order chi connectivity index (χ1) is 17.8. The maximum absolute atomic E-state index is 13.8. The molecule has 202 valence electrons. The quantitative estimate of drug-likeness (QED) is 0.380. The third-order valence-electron chi connectivity index (χ3n) is 7.20. The Morgan fingerprint density at radius 1 is 0.973 bits per heavy atom. The minimum Gasteiger partial charge on any atom is -0.462 e. The highest BCUT2D eigenvalue weighted by atomic mass is 32.2. The topological polar surface area (TPSA) is 78.9 Å². The Labute approximate surface area is 217 Å². The SMILES string of the molecule is O=C(OCC1CCCCO1)C1(S(=O)(=O)c2ccc(-c3ccc(CCCC(F)F)cc3)cc2)CCOCC1. The number of carbonyl (C=O) groups is 1. The Hall–Kier alpha value is -2.36. The van der Waals surface area contributed by atoms with E-state index in [-0.39, 0.29) is 50.1 Å². The van der Waals surface area contributed by atoms with Crippen molar-refractivity contribution in [3.8, 4) is 11.1 Å². The summed E-state index contributed by atoms with van der Waals surface area (Å²) in [5, 5.41) is 0. The molecule has 2 aromatic rings. The zero-order valence-electron chi connectivity index (χ0n) is 20.9. The zero-order valence-corrected chi connectivity index (χ0v) is 21.7. The molecule has 0 saturated carbocycles.